The van der Waals surface area contributed by atoms with Crippen LogP contribution in [0, 0.1) is 11.8 Å². The molecule has 0 saturated carbocycles. The van der Waals surface area contributed by atoms with E-state index in [0.29, 0.717) is 0 Å². The van der Waals surface area contributed by atoms with Gasteiger partial charge in [-0.15, -0.1) is 0 Å². The van der Waals surface area contributed by atoms with Gasteiger partial charge in [0.2, 0.25) is 35.4 Å². The fourth-order valence-corrected chi connectivity index (χ4v) is 3.93. The van der Waals surface area contributed by atoms with Crippen LogP contribution in [-0.2, 0) is 38.4 Å². The number of aliphatic hydroxyl groups is 2. The van der Waals surface area contributed by atoms with Gasteiger partial charge in [0, 0.05) is 0 Å². The average Bonchev–Trinajstić information content (AvgIpc) is 2.98. The summed E-state index contributed by atoms with van der Waals surface area (Å²) in [5, 5.41) is 51.6. The molecular formula is C28H49N7O12. The Kier molecular flexibility index (Phi) is 18.8. The van der Waals surface area contributed by atoms with Gasteiger partial charge in [-0.2, -0.15) is 0 Å². The molecule has 0 bridgehead atoms. The minimum absolute atomic E-state index is 0.0688. The average molecular weight is 676 g/mol. The standard InChI is InChI=1S/C28H49N7O12/c1-7-13(4)21(27(45)34-19(11-37)26(44)32-17(28(46)47)8-12(2)3)35-24(42)16(9-20(38)39)31-25(43)18(10-36)33-23(41)15(6)30-22(40)14(5)29/h12-19,21,36-37H,7-11,29H2,1-6H3,(H,30,40)(H,31,43)(H,32,44)(H,33,41)(H,34,45)(H,35,42)(H,38,39)(H,46,47)/t13-,14-,15-,16-,17-,18-,19-,21-/m0/s1. The van der Waals surface area contributed by atoms with Crippen molar-refractivity contribution in [3.05, 3.63) is 0 Å². The van der Waals surface area contributed by atoms with Crippen molar-refractivity contribution in [2.24, 2.45) is 17.6 Å². The number of rotatable bonds is 21. The second kappa shape index (κ2) is 20.7. The molecule has 12 N–H and O–H groups in total. The van der Waals surface area contributed by atoms with Crippen molar-refractivity contribution >= 4 is 47.4 Å². The zero-order chi connectivity index (χ0) is 36.6. The highest BCUT2D eigenvalue weighted by Crippen LogP contribution is 2.10. The second-order valence-electron chi connectivity index (χ2n) is 11.6. The third-order valence-corrected chi connectivity index (χ3v) is 6.92. The number of hydrogen-bond donors (Lipinski definition) is 11. The molecule has 0 aromatic rings. The fourth-order valence-electron chi connectivity index (χ4n) is 3.93. The van der Waals surface area contributed by atoms with E-state index in [4.69, 9.17) is 5.73 Å². The SMILES string of the molecule is CC[C@H](C)[C@H](NC(=O)[C@H](CC(=O)O)NC(=O)[C@H](CO)NC(=O)[C@H](C)NC(=O)[C@H](C)N)C(=O)N[C@@H](CO)C(=O)N[C@@H](CC(C)C)C(=O)O. The van der Waals surface area contributed by atoms with Gasteiger partial charge in [-0.3, -0.25) is 33.6 Å². The first kappa shape index (κ1) is 42.6. The minimum Gasteiger partial charge on any atom is -0.481 e. The molecule has 0 saturated heterocycles. The number of carbonyl (C=O) groups is 8. The van der Waals surface area contributed by atoms with E-state index >= 15 is 0 Å². The van der Waals surface area contributed by atoms with Crippen LogP contribution in [-0.4, -0.2) is 123 Å². The Labute approximate surface area is 272 Å². The van der Waals surface area contributed by atoms with E-state index in [1.54, 1.807) is 27.7 Å². The molecule has 0 fully saturated rings. The van der Waals surface area contributed by atoms with Crippen molar-refractivity contribution in [3.63, 3.8) is 0 Å². The monoisotopic (exact) mass is 675 g/mol. The van der Waals surface area contributed by atoms with E-state index in [-0.39, 0.29) is 18.8 Å². The Hall–Kier alpha value is -4.36. The number of carboxylic acids is 2. The lowest BCUT2D eigenvalue weighted by Gasteiger charge is -2.28. The molecular weight excluding hydrogens is 626 g/mol. The van der Waals surface area contributed by atoms with E-state index in [1.165, 1.54) is 13.8 Å². The number of aliphatic hydroxyl groups excluding tert-OH is 2. The van der Waals surface area contributed by atoms with E-state index in [0.717, 1.165) is 0 Å². The van der Waals surface area contributed by atoms with E-state index in [1.807, 2.05) is 0 Å². The number of carbonyl (C=O) groups excluding carboxylic acids is 6. The zero-order valence-electron chi connectivity index (χ0n) is 27.4. The highest BCUT2D eigenvalue weighted by molar-refractivity contribution is 5.98. The predicted octanol–water partition coefficient (Wildman–Crippen LogP) is -4.10. The van der Waals surface area contributed by atoms with Gasteiger partial charge >= 0.3 is 11.9 Å². The molecule has 19 heteroatoms. The maximum Gasteiger partial charge on any atom is 0.326 e. The predicted molar refractivity (Wildman–Crippen MR) is 164 cm³/mol. The van der Waals surface area contributed by atoms with Gasteiger partial charge in [-0.05, 0) is 32.1 Å². The molecule has 0 aliphatic carbocycles. The molecule has 0 aliphatic heterocycles. The van der Waals surface area contributed by atoms with Gasteiger partial charge in [-0.1, -0.05) is 34.1 Å². The highest BCUT2D eigenvalue weighted by Gasteiger charge is 2.35. The number of carboxylic acid groups (broad SMARTS) is 2. The third kappa shape index (κ3) is 15.2. The van der Waals surface area contributed by atoms with Crippen LogP contribution in [0.2, 0.25) is 0 Å². The summed E-state index contributed by atoms with van der Waals surface area (Å²) >= 11 is 0. The van der Waals surface area contributed by atoms with Gasteiger partial charge < -0.3 is 58.1 Å². The summed E-state index contributed by atoms with van der Waals surface area (Å²) in [5.74, 6) is -9.44. The maximum atomic E-state index is 13.2. The first-order chi connectivity index (χ1) is 21.8. The van der Waals surface area contributed by atoms with E-state index in [2.05, 4.69) is 31.9 Å². The van der Waals surface area contributed by atoms with E-state index in [9.17, 15) is 58.8 Å². The lowest BCUT2D eigenvalue weighted by Crippen LogP contribution is -2.61. The van der Waals surface area contributed by atoms with Crippen molar-refractivity contribution in [3.8, 4) is 0 Å². The number of nitrogens with one attached hydrogen (secondary N) is 6. The lowest BCUT2D eigenvalue weighted by atomic mass is 9.97. The van der Waals surface area contributed by atoms with Gasteiger partial charge in [0.15, 0.2) is 0 Å². The van der Waals surface area contributed by atoms with Crippen LogP contribution in [0.15, 0.2) is 0 Å². The normalized spacial score (nSPS) is 16.1. The summed E-state index contributed by atoms with van der Waals surface area (Å²) in [4.78, 5) is 99.3. The Balaban J connectivity index is 5.85. The Morgan fingerprint density at radius 2 is 1.04 bits per heavy atom. The summed E-state index contributed by atoms with van der Waals surface area (Å²) in [6.45, 7) is 7.44. The van der Waals surface area contributed by atoms with Crippen LogP contribution in [0.1, 0.15) is 60.8 Å². The van der Waals surface area contributed by atoms with Crippen molar-refractivity contribution in [2.75, 3.05) is 13.2 Å². The first-order valence-corrected chi connectivity index (χ1v) is 15.0. The van der Waals surface area contributed by atoms with E-state index < -0.39 is 115 Å². The molecule has 47 heavy (non-hydrogen) atoms. The van der Waals surface area contributed by atoms with Gasteiger partial charge in [-0.25, -0.2) is 4.79 Å². The third-order valence-electron chi connectivity index (χ3n) is 6.92. The van der Waals surface area contributed by atoms with Crippen LogP contribution < -0.4 is 37.6 Å². The van der Waals surface area contributed by atoms with Gasteiger partial charge in [0.05, 0.1) is 25.7 Å². The fraction of sp³-hybridized carbons (Fsp3) is 0.714. The molecule has 0 aromatic heterocycles. The molecule has 0 aliphatic rings. The molecule has 268 valence electrons. The number of nitrogens with two attached hydrogens (primary N) is 1. The molecule has 0 heterocycles. The van der Waals surface area contributed by atoms with Crippen molar-refractivity contribution < 1.29 is 58.8 Å². The van der Waals surface area contributed by atoms with Gasteiger partial charge in [0.25, 0.3) is 0 Å². The topological polar surface area (TPSA) is 316 Å². The Bertz CT molecular complexity index is 1130. The molecule has 0 aromatic carbocycles. The summed E-state index contributed by atoms with van der Waals surface area (Å²) in [6.07, 6.45) is -0.622. The number of hydrogen-bond acceptors (Lipinski definition) is 11. The molecule has 0 radical (unpaired) electrons. The van der Waals surface area contributed by atoms with Crippen LogP contribution in [0.25, 0.3) is 0 Å². The van der Waals surface area contributed by atoms with Crippen LogP contribution >= 0.6 is 0 Å². The minimum atomic E-state index is -1.81. The highest BCUT2D eigenvalue weighted by atomic mass is 16.4. The molecule has 0 unspecified atom stereocenters. The van der Waals surface area contributed by atoms with Gasteiger partial charge in [0.1, 0.15) is 36.3 Å². The van der Waals surface area contributed by atoms with Crippen molar-refractivity contribution in [2.45, 2.75) is 103 Å². The molecule has 0 rings (SSSR count). The van der Waals surface area contributed by atoms with Crippen LogP contribution in [0.3, 0.4) is 0 Å². The summed E-state index contributed by atoms with van der Waals surface area (Å²) in [7, 11) is 0. The summed E-state index contributed by atoms with van der Waals surface area (Å²) < 4.78 is 0. The maximum absolute atomic E-state index is 13.2. The first-order valence-electron chi connectivity index (χ1n) is 15.0. The Morgan fingerprint density at radius 1 is 0.596 bits per heavy atom. The lowest BCUT2D eigenvalue weighted by molar-refractivity contribution is -0.143. The molecule has 0 spiro atoms. The Morgan fingerprint density at radius 3 is 1.45 bits per heavy atom. The summed E-state index contributed by atoms with van der Waals surface area (Å²) in [6, 6.07) is -9.94. The quantitative estimate of drug-likeness (QED) is 0.0552. The van der Waals surface area contributed by atoms with Crippen LogP contribution in [0.5, 0.6) is 0 Å². The zero-order valence-corrected chi connectivity index (χ0v) is 27.4. The van der Waals surface area contributed by atoms with Crippen molar-refractivity contribution in [1.82, 2.24) is 31.9 Å². The number of amides is 6. The smallest absolute Gasteiger partial charge is 0.326 e. The number of aliphatic carboxylic acids is 2. The summed E-state index contributed by atoms with van der Waals surface area (Å²) in [5.41, 5.74) is 5.44. The van der Waals surface area contributed by atoms with Crippen molar-refractivity contribution in [1.29, 1.82) is 0 Å². The van der Waals surface area contributed by atoms with Crippen LogP contribution in [0.4, 0.5) is 0 Å². The molecule has 6 amide bonds. The largest absolute Gasteiger partial charge is 0.481 e. The second-order valence-corrected chi connectivity index (χ2v) is 11.6. The molecule has 19 nitrogen and oxygen atoms in total. The molecule has 8 atom stereocenters.